The minimum absolute atomic E-state index is 0.00416. The summed E-state index contributed by atoms with van der Waals surface area (Å²) in [4.78, 5) is 26.7. The first-order chi connectivity index (χ1) is 11.1. The van der Waals surface area contributed by atoms with Crippen molar-refractivity contribution in [1.29, 1.82) is 0 Å². The number of ether oxygens (including phenoxy) is 1. The number of hydrogen-bond donors (Lipinski definition) is 1. The molecule has 1 saturated carbocycles. The number of nitrogens with one attached hydrogen (secondary N) is 1. The lowest BCUT2D eigenvalue weighted by Crippen LogP contribution is -2.55. The summed E-state index contributed by atoms with van der Waals surface area (Å²) in [6.45, 7) is 1.71. The van der Waals surface area contributed by atoms with E-state index < -0.39 is 0 Å². The average molecular weight is 320 g/mol. The second-order valence-electron chi connectivity index (χ2n) is 6.61. The summed E-state index contributed by atoms with van der Waals surface area (Å²) in [6, 6.07) is 3.39. The molecule has 1 saturated heterocycles. The van der Waals surface area contributed by atoms with Gasteiger partial charge >= 0.3 is 0 Å². The Morgan fingerprint density at radius 3 is 2.87 bits per heavy atom. The molecule has 0 bridgehead atoms. The summed E-state index contributed by atoms with van der Waals surface area (Å²) in [5, 5.41) is 3.13. The van der Waals surface area contributed by atoms with Crippen LogP contribution < -0.4 is 5.32 Å². The Morgan fingerprint density at radius 1 is 1.43 bits per heavy atom. The monoisotopic (exact) mass is 320 g/mol. The Bertz CT molecular complexity index is 551. The minimum atomic E-state index is -0.359. The van der Waals surface area contributed by atoms with E-state index in [-0.39, 0.29) is 23.3 Å². The van der Waals surface area contributed by atoms with Crippen LogP contribution in [0.2, 0.25) is 0 Å². The van der Waals surface area contributed by atoms with Crippen LogP contribution in [0, 0.1) is 5.41 Å². The van der Waals surface area contributed by atoms with Gasteiger partial charge in [-0.15, -0.1) is 0 Å². The van der Waals surface area contributed by atoms with Crippen LogP contribution in [0.4, 0.5) is 0 Å². The van der Waals surface area contributed by atoms with Crippen molar-refractivity contribution < 1.29 is 18.7 Å². The Balaban J connectivity index is 1.58. The number of likely N-dealkylation sites (tertiary alicyclic amines) is 1. The van der Waals surface area contributed by atoms with Crippen LogP contribution in [0.5, 0.6) is 0 Å². The molecule has 6 heteroatoms. The maximum atomic E-state index is 12.6. The molecule has 0 unspecified atom stereocenters. The quantitative estimate of drug-likeness (QED) is 0.898. The van der Waals surface area contributed by atoms with Gasteiger partial charge in [0.1, 0.15) is 0 Å². The van der Waals surface area contributed by atoms with Crippen LogP contribution in [0.1, 0.15) is 42.7 Å². The number of methoxy groups -OCH3 is 1. The highest BCUT2D eigenvalue weighted by Gasteiger charge is 2.45. The molecule has 1 aliphatic heterocycles. The minimum Gasteiger partial charge on any atom is -0.459 e. The average Bonchev–Trinajstić information content (AvgIpc) is 3.04. The summed E-state index contributed by atoms with van der Waals surface area (Å²) in [7, 11) is 1.64. The molecule has 1 atom stereocenters. The van der Waals surface area contributed by atoms with Gasteiger partial charge in [-0.3, -0.25) is 9.59 Å². The van der Waals surface area contributed by atoms with E-state index in [1.807, 2.05) is 0 Å². The zero-order valence-corrected chi connectivity index (χ0v) is 13.5. The number of rotatable bonds is 5. The van der Waals surface area contributed by atoms with Gasteiger partial charge in [0, 0.05) is 26.2 Å². The molecule has 1 aromatic heterocycles. The Labute approximate surface area is 136 Å². The maximum Gasteiger partial charge on any atom is 0.289 e. The number of nitrogens with zero attached hydrogens (tertiary/aromatic N) is 1. The van der Waals surface area contributed by atoms with Gasteiger partial charge in [0.25, 0.3) is 5.91 Å². The number of furan rings is 1. The van der Waals surface area contributed by atoms with Crippen LogP contribution in [-0.4, -0.2) is 49.6 Å². The first-order valence-electron chi connectivity index (χ1n) is 8.27. The first-order valence-corrected chi connectivity index (χ1v) is 8.27. The predicted molar refractivity (Wildman–Crippen MR) is 83.9 cm³/mol. The largest absolute Gasteiger partial charge is 0.459 e. The van der Waals surface area contributed by atoms with E-state index in [2.05, 4.69) is 5.32 Å². The number of amides is 2. The van der Waals surface area contributed by atoms with E-state index in [4.69, 9.17) is 9.15 Å². The van der Waals surface area contributed by atoms with E-state index in [1.165, 1.54) is 6.26 Å². The summed E-state index contributed by atoms with van der Waals surface area (Å²) in [5.74, 6) is 0.318. The van der Waals surface area contributed by atoms with Gasteiger partial charge < -0.3 is 19.4 Å². The highest BCUT2D eigenvalue weighted by molar-refractivity contribution is 5.91. The lowest BCUT2D eigenvalue weighted by atomic mass is 9.68. The zero-order valence-electron chi connectivity index (χ0n) is 13.5. The molecule has 1 N–H and O–H groups in total. The Morgan fingerprint density at radius 2 is 2.26 bits per heavy atom. The molecule has 1 aromatic rings. The fourth-order valence-corrected chi connectivity index (χ4v) is 3.49. The number of carbonyl (C=O) groups excluding carboxylic acids is 2. The topological polar surface area (TPSA) is 71.8 Å². The van der Waals surface area contributed by atoms with Crippen LogP contribution >= 0.6 is 0 Å². The summed E-state index contributed by atoms with van der Waals surface area (Å²) >= 11 is 0. The van der Waals surface area contributed by atoms with Crippen molar-refractivity contribution in [3.05, 3.63) is 24.2 Å². The lowest BCUT2D eigenvalue weighted by Gasteiger charge is -2.41. The molecule has 0 aromatic carbocycles. The molecule has 6 nitrogen and oxygen atoms in total. The van der Waals surface area contributed by atoms with Crippen molar-refractivity contribution >= 4 is 11.8 Å². The number of hydrogen-bond acceptors (Lipinski definition) is 4. The highest BCUT2D eigenvalue weighted by atomic mass is 16.5. The lowest BCUT2D eigenvalue weighted by molar-refractivity contribution is -0.141. The Kier molecular flexibility index (Phi) is 4.71. The number of carbonyl (C=O) groups is 2. The van der Waals surface area contributed by atoms with Crippen LogP contribution in [0.15, 0.2) is 22.8 Å². The van der Waals surface area contributed by atoms with E-state index in [0.29, 0.717) is 25.5 Å². The molecule has 2 fully saturated rings. The summed E-state index contributed by atoms with van der Waals surface area (Å²) in [5.41, 5.74) is -0.359. The summed E-state index contributed by atoms with van der Waals surface area (Å²) < 4.78 is 10.4. The molecular weight excluding hydrogens is 296 g/mol. The SMILES string of the molecule is COCC1(C(=O)N[C@@H]2CCCN(C(=O)c3ccco3)C2)CCC1. The van der Waals surface area contributed by atoms with Gasteiger partial charge in [0.15, 0.2) is 5.76 Å². The molecule has 2 amide bonds. The molecule has 2 heterocycles. The molecule has 2 aliphatic rings. The zero-order chi connectivity index (χ0) is 16.3. The van der Waals surface area contributed by atoms with E-state index in [1.54, 1.807) is 24.1 Å². The third-order valence-electron chi connectivity index (χ3n) is 4.99. The van der Waals surface area contributed by atoms with Crippen molar-refractivity contribution in [2.24, 2.45) is 5.41 Å². The standard InChI is InChI=1S/C17H24N2O4/c1-22-12-17(7-4-8-17)16(21)18-13-5-2-9-19(11-13)15(20)14-6-3-10-23-14/h3,6,10,13H,2,4-5,7-9,11-12H2,1H3,(H,18,21)/t13-/m1/s1. The van der Waals surface area contributed by atoms with Crippen molar-refractivity contribution in [2.75, 3.05) is 26.8 Å². The highest BCUT2D eigenvalue weighted by Crippen LogP contribution is 2.41. The molecule has 1 aliphatic carbocycles. The van der Waals surface area contributed by atoms with Crippen molar-refractivity contribution in [3.63, 3.8) is 0 Å². The van der Waals surface area contributed by atoms with E-state index in [0.717, 1.165) is 32.1 Å². The fraction of sp³-hybridized carbons (Fsp3) is 0.647. The van der Waals surface area contributed by atoms with Gasteiger partial charge in [0.05, 0.1) is 18.3 Å². The normalized spacial score (nSPS) is 23.2. The van der Waals surface area contributed by atoms with Crippen molar-refractivity contribution in [2.45, 2.75) is 38.1 Å². The molecule has 126 valence electrons. The second-order valence-corrected chi connectivity index (χ2v) is 6.61. The Hall–Kier alpha value is -1.82. The molecule has 23 heavy (non-hydrogen) atoms. The molecular formula is C17H24N2O4. The van der Waals surface area contributed by atoms with Gasteiger partial charge in [-0.2, -0.15) is 0 Å². The molecule has 3 rings (SSSR count). The van der Waals surface area contributed by atoms with Crippen LogP contribution in [0.3, 0.4) is 0 Å². The van der Waals surface area contributed by atoms with Gasteiger partial charge in [0.2, 0.25) is 5.91 Å². The van der Waals surface area contributed by atoms with Crippen molar-refractivity contribution in [3.8, 4) is 0 Å². The van der Waals surface area contributed by atoms with Crippen LogP contribution in [0.25, 0.3) is 0 Å². The predicted octanol–water partition coefficient (Wildman–Crippen LogP) is 1.82. The smallest absolute Gasteiger partial charge is 0.289 e. The third kappa shape index (κ3) is 3.27. The second kappa shape index (κ2) is 6.74. The molecule has 0 spiro atoms. The van der Waals surface area contributed by atoms with Crippen molar-refractivity contribution in [1.82, 2.24) is 10.2 Å². The third-order valence-corrected chi connectivity index (χ3v) is 4.99. The van der Waals surface area contributed by atoms with Gasteiger partial charge in [-0.1, -0.05) is 6.42 Å². The molecule has 0 radical (unpaired) electrons. The van der Waals surface area contributed by atoms with Gasteiger partial charge in [-0.25, -0.2) is 0 Å². The maximum absolute atomic E-state index is 12.6. The van der Waals surface area contributed by atoms with Crippen LogP contribution in [-0.2, 0) is 9.53 Å². The fourth-order valence-electron chi connectivity index (χ4n) is 3.49. The van der Waals surface area contributed by atoms with E-state index in [9.17, 15) is 9.59 Å². The summed E-state index contributed by atoms with van der Waals surface area (Å²) in [6.07, 6.45) is 6.13. The van der Waals surface area contributed by atoms with E-state index >= 15 is 0 Å². The van der Waals surface area contributed by atoms with Gasteiger partial charge in [-0.05, 0) is 37.8 Å². The first kappa shape index (κ1) is 16.1. The number of piperidine rings is 1.